The predicted octanol–water partition coefficient (Wildman–Crippen LogP) is 2.48. The van der Waals surface area contributed by atoms with Gasteiger partial charge in [0.25, 0.3) is 0 Å². The zero-order valence-corrected chi connectivity index (χ0v) is 10.2. The normalized spacial score (nSPS) is 23.4. The number of nitrogens with zero attached hydrogens (tertiary/aromatic N) is 2. The molecule has 2 N–H and O–H groups in total. The minimum absolute atomic E-state index is 0.127. The highest BCUT2D eigenvalue weighted by molar-refractivity contribution is 6.30. The summed E-state index contributed by atoms with van der Waals surface area (Å²) in [7, 11) is 0. The highest BCUT2D eigenvalue weighted by Crippen LogP contribution is 2.39. The molecule has 0 radical (unpaired) electrons. The molecule has 2 amide bonds. The first-order chi connectivity index (χ1) is 8.58. The zero-order chi connectivity index (χ0) is 12.9. The summed E-state index contributed by atoms with van der Waals surface area (Å²) in [5.74, 6) is -0.320. The van der Waals surface area contributed by atoms with Gasteiger partial charge in [0, 0.05) is 16.6 Å². The zero-order valence-electron chi connectivity index (χ0n) is 9.44. The van der Waals surface area contributed by atoms with Gasteiger partial charge >= 0.3 is 6.03 Å². The molecule has 1 saturated carbocycles. The molecule has 6 heteroatoms. The van der Waals surface area contributed by atoms with Crippen LogP contribution in [0.25, 0.3) is 0 Å². The van der Waals surface area contributed by atoms with E-state index in [4.69, 9.17) is 17.3 Å². The van der Waals surface area contributed by atoms with Crippen molar-refractivity contribution in [2.75, 3.05) is 0 Å². The molecule has 2 aliphatic rings. The summed E-state index contributed by atoms with van der Waals surface area (Å²) in [4.78, 5) is 17.0. The molecule has 1 aliphatic carbocycles. The molecule has 0 spiro atoms. The topological polar surface area (TPSA) is 58.7 Å². The minimum Gasteiger partial charge on any atom is -0.385 e. The average Bonchev–Trinajstić information content (AvgIpc) is 3.06. The number of aliphatic imine (C=N–C) groups is 1. The van der Waals surface area contributed by atoms with Crippen LogP contribution >= 0.6 is 11.6 Å². The first-order valence-electron chi connectivity index (χ1n) is 5.69. The smallest absolute Gasteiger partial charge is 0.346 e. The van der Waals surface area contributed by atoms with Crippen molar-refractivity contribution in [2.45, 2.75) is 24.9 Å². The second-order valence-corrected chi connectivity index (χ2v) is 4.96. The monoisotopic (exact) mass is 267 g/mol. The van der Waals surface area contributed by atoms with Crippen molar-refractivity contribution in [3.8, 4) is 0 Å². The Hall–Kier alpha value is -1.62. The Morgan fingerprint density at radius 3 is 2.78 bits per heavy atom. The van der Waals surface area contributed by atoms with E-state index in [2.05, 4.69) is 4.99 Å². The Labute approximate surface area is 108 Å². The van der Waals surface area contributed by atoms with Crippen molar-refractivity contribution in [2.24, 2.45) is 10.7 Å². The summed E-state index contributed by atoms with van der Waals surface area (Å²) < 4.78 is 13.9. The van der Waals surface area contributed by atoms with Crippen LogP contribution in [0.2, 0.25) is 5.02 Å². The van der Waals surface area contributed by atoms with Crippen LogP contribution in [0.4, 0.5) is 9.18 Å². The quantitative estimate of drug-likeness (QED) is 0.895. The van der Waals surface area contributed by atoms with Crippen molar-refractivity contribution in [1.29, 1.82) is 0 Å². The molecule has 18 heavy (non-hydrogen) atoms. The second kappa shape index (κ2) is 3.95. The molecule has 1 atom stereocenters. The van der Waals surface area contributed by atoms with Crippen LogP contribution in [-0.2, 0) is 0 Å². The van der Waals surface area contributed by atoms with E-state index in [0.717, 1.165) is 12.8 Å². The number of rotatable bonds is 2. The van der Waals surface area contributed by atoms with Crippen LogP contribution in [0.15, 0.2) is 23.2 Å². The van der Waals surface area contributed by atoms with Crippen LogP contribution in [0, 0.1) is 5.82 Å². The van der Waals surface area contributed by atoms with Gasteiger partial charge in [-0.2, -0.15) is 4.99 Å². The number of amidine groups is 1. The molecular formula is C12H11ClFN3O. The van der Waals surface area contributed by atoms with E-state index >= 15 is 0 Å². The number of hydrogen-bond acceptors (Lipinski definition) is 2. The Bertz CT molecular complexity index is 556. The number of hydrogen-bond donors (Lipinski definition) is 1. The molecule has 1 aromatic carbocycles. The van der Waals surface area contributed by atoms with Crippen molar-refractivity contribution in [3.63, 3.8) is 0 Å². The molecular weight excluding hydrogens is 257 g/mol. The van der Waals surface area contributed by atoms with Gasteiger partial charge in [-0.1, -0.05) is 17.7 Å². The van der Waals surface area contributed by atoms with Gasteiger partial charge in [0.05, 0.1) is 0 Å². The molecule has 1 aromatic rings. The lowest BCUT2D eigenvalue weighted by Crippen LogP contribution is -2.35. The van der Waals surface area contributed by atoms with Crippen molar-refractivity contribution >= 4 is 23.5 Å². The molecule has 1 unspecified atom stereocenters. The Morgan fingerprint density at radius 2 is 2.17 bits per heavy atom. The third kappa shape index (κ3) is 1.75. The van der Waals surface area contributed by atoms with Crippen LogP contribution in [-0.4, -0.2) is 22.8 Å². The van der Waals surface area contributed by atoms with Crippen LogP contribution in [0.3, 0.4) is 0 Å². The maximum Gasteiger partial charge on any atom is 0.346 e. The molecule has 0 bridgehead atoms. The standard InChI is InChI=1S/C12H11ClFN3O/c13-6-1-4-8(9(14)5-6)10-11(15)16-12(18)17(10)7-2-3-7/h1,4-5,7,10H,2-3H2,(H2,15,16,18). The highest BCUT2D eigenvalue weighted by atomic mass is 35.5. The molecule has 0 saturated heterocycles. The van der Waals surface area contributed by atoms with E-state index in [1.807, 2.05) is 0 Å². The van der Waals surface area contributed by atoms with E-state index < -0.39 is 11.9 Å². The fraction of sp³-hybridized carbons (Fsp3) is 0.333. The first kappa shape index (κ1) is 11.5. The minimum atomic E-state index is -0.595. The molecule has 3 rings (SSSR count). The van der Waals surface area contributed by atoms with Crippen molar-refractivity contribution in [1.82, 2.24) is 4.90 Å². The summed E-state index contributed by atoms with van der Waals surface area (Å²) >= 11 is 5.72. The lowest BCUT2D eigenvalue weighted by atomic mass is 10.0. The lowest BCUT2D eigenvalue weighted by Gasteiger charge is -2.24. The molecule has 1 fully saturated rings. The largest absolute Gasteiger partial charge is 0.385 e. The van der Waals surface area contributed by atoms with Crippen molar-refractivity contribution < 1.29 is 9.18 Å². The van der Waals surface area contributed by atoms with Crippen LogP contribution in [0.1, 0.15) is 24.4 Å². The number of benzene rings is 1. The van der Waals surface area contributed by atoms with Gasteiger partial charge in [-0.25, -0.2) is 9.18 Å². The summed E-state index contributed by atoms with van der Waals surface area (Å²) in [5.41, 5.74) is 6.10. The summed E-state index contributed by atoms with van der Waals surface area (Å²) in [6, 6.07) is 3.51. The third-order valence-electron chi connectivity index (χ3n) is 3.20. The summed E-state index contributed by atoms with van der Waals surface area (Å²) in [6.07, 6.45) is 1.83. The van der Waals surface area contributed by atoms with Gasteiger partial charge in [-0.05, 0) is 25.0 Å². The SMILES string of the molecule is NC1=NC(=O)N(C2CC2)C1c1ccc(Cl)cc1F. The molecule has 0 aromatic heterocycles. The van der Waals surface area contributed by atoms with E-state index in [-0.39, 0.29) is 17.9 Å². The Kier molecular flexibility index (Phi) is 2.52. The number of carbonyl (C=O) groups is 1. The highest BCUT2D eigenvalue weighted by Gasteiger charge is 2.44. The van der Waals surface area contributed by atoms with E-state index in [1.54, 1.807) is 17.0 Å². The number of carbonyl (C=O) groups excluding carboxylic acids is 1. The lowest BCUT2D eigenvalue weighted by molar-refractivity contribution is 0.202. The Morgan fingerprint density at radius 1 is 1.44 bits per heavy atom. The van der Waals surface area contributed by atoms with Gasteiger partial charge < -0.3 is 10.6 Å². The van der Waals surface area contributed by atoms with Gasteiger partial charge in [0.15, 0.2) is 0 Å². The number of halogens is 2. The van der Waals surface area contributed by atoms with Gasteiger partial charge in [-0.15, -0.1) is 0 Å². The third-order valence-corrected chi connectivity index (χ3v) is 3.44. The number of amides is 2. The van der Waals surface area contributed by atoms with Gasteiger partial charge in [-0.3, -0.25) is 0 Å². The molecule has 94 valence electrons. The first-order valence-corrected chi connectivity index (χ1v) is 6.07. The van der Waals surface area contributed by atoms with Gasteiger partial charge in [0.1, 0.15) is 17.7 Å². The van der Waals surface area contributed by atoms with E-state index in [9.17, 15) is 9.18 Å². The Balaban J connectivity index is 2.03. The number of urea groups is 1. The summed E-state index contributed by atoms with van der Waals surface area (Å²) in [6.45, 7) is 0. The van der Waals surface area contributed by atoms with Gasteiger partial charge in [0.2, 0.25) is 0 Å². The van der Waals surface area contributed by atoms with Crippen molar-refractivity contribution in [3.05, 3.63) is 34.6 Å². The van der Waals surface area contributed by atoms with E-state index in [0.29, 0.717) is 10.6 Å². The van der Waals surface area contributed by atoms with E-state index in [1.165, 1.54) is 6.07 Å². The second-order valence-electron chi connectivity index (χ2n) is 4.53. The number of nitrogens with two attached hydrogens (primary N) is 1. The molecule has 1 heterocycles. The van der Waals surface area contributed by atoms with Crippen LogP contribution < -0.4 is 5.73 Å². The molecule has 1 aliphatic heterocycles. The molecule has 4 nitrogen and oxygen atoms in total. The predicted molar refractivity (Wildman–Crippen MR) is 66.0 cm³/mol. The fourth-order valence-corrected chi connectivity index (χ4v) is 2.39. The van der Waals surface area contributed by atoms with Crippen LogP contribution in [0.5, 0.6) is 0 Å². The fourth-order valence-electron chi connectivity index (χ4n) is 2.23. The summed E-state index contributed by atoms with van der Waals surface area (Å²) in [5, 5.41) is 0.314. The maximum absolute atomic E-state index is 13.9. The average molecular weight is 268 g/mol. The maximum atomic E-state index is 13.9.